The van der Waals surface area contributed by atoms with Crippen molar-refractivity contribution in [2.45, 2.75) is 26.3 Å². The van der Waals surface area contributed by atoms with Crippen molar-refractivity contribution in [1.82, 2.24) is 10.3 Å². The van der Waals surface area contributed by atoms with E-state index in [2.05, 4.69) is 17.2 Å². The highest BCUT2D eigenvalue weighted by atomic mass is 32.2. The average Bonchev–Trinajstić information content (AvgIpc) is 2.38. The van der Waals surface area contributed by atoms with Crippen LogP contribution in [0.1, 0.15) is 30.6 Å². The van der Waals surface area contributed by atoms with Gasteiger partial charge >= 0.3 is 0 Å². The Labute approximate surface area is 121 Å². The zero-order valence-corrected chi connectivity index (χ0v) is 12.3. The molecule has 20 heavy (non-hydrogen) atoms. The molecule has 0 spiro atoms. The van der Waals surface area contributed by atoms with Gasteiger partial charge in [-0.05, 0) is 30.9 Å². The van der Waals surface area contributed by atoms with Crippen LogP contribution in [0.25, 0.3) is 0 Å². The fraction of sp³-hybridized carbons (Fsp3) is 0.500. The van der Waals surface area contributed by atoms with E-state index in [0.717, 1.165) is 24.1 Å². The van der Waals surface area contributed by atoms with E-state index in [1.54, 1.807) is 11.8 Å². The first-order valence-electron chi connectivity index (χ1n) is 6.24. The van der Waals surface area contributed by atoms with Gasteiger partial charge in [0.1, 0.15) is 17.6 Å². The zero-order valence-electron chi connectivity index (χ0n) is 11.5. The smallest absolute Gasteiger partial charge is 0.300 e. The third-order valence-corrected chi connectivity index (χ3v) is 3.55. The number of nitrogens with one attached hydrogen (secondary N) is 1. The molecule has 1 aromatic rings. The van der Waals surface area contributed by atoms with Gasteiger partial charge in [-0.25, -0.2) is 4.98 Å². The van der Waals surface area contributed by atoms with Crippen LogP contribution in [0.4, 0.5) is 11.5 Å². The number of thioether (sulfide) groups is 1. The highest BCUT2D eigenvalue weighted by Crippen LogP contribution is 2.19. The summed E-state index contributed by atoms with van der Waals surface area (Å²) in [7, 11) is 0. The molecule has 7 nitrogen and oxygen atoms in total. The van der Waals surface area contributed by atoms with Crippen molar-refractivity contribution in [3.63, 3.8) is 0 Å². The minimum Gasteiger partial charge on any atom is -0.384 e. The number of rotatable bonds is 7. The summed E-state index contributed by atoms with van der Waals surface area (Å²) in [5.74, 6) is 1.53. The van der Waals surface area contributed by atoms with E-state index < -0.39 is 10.8 Å². The van der Waals surface area contributed by atoms with Gasteiger partial charge in [0.05, 0.1) is 4.92 Å². The Morgan fingerprint density at radius 2 is 2.35 bits per heavy atom. The van der Waals surface area contributed by atoms with Gasteiger partial charge in [-0.3, -0.25) is 14.9 Å². The van der Waals surface area contributed by atoms with Crippen LogP contribution in [0.15, 0.2) is 12.3 Å². The lowest BCUT2D eigenvalue weighted by molar-refractivity contribution is -0.385. The summed E-state index contributed by atoms with van der Waals surface area (Å²) in [6, 6.07) is 1.16. The van der Waals surface area contributed by atoms with Gasteiger partial charge in [0.25, 0.3) is 11.6 Å². The molecule has 0 aliphatic carbocycles. The lowest BCUT2D eigenvalue weighted by Gasteiger charge is -2.13. The molecule has 110 valence electrons. The predicted molar refractivity (Wildman–Crippen MR) is 79.8 cm³/mol. The van der Waals surface area contributed by atoms with Crippen LogP contribution in [0, 0.1) is 10.1 Å². The number of pyridine rings is 1. The number of hydrogen-bond donors (Lipinski definition) is 2. The molecular formula is C12H18N4O3S. The molecule has 1 unspecified atom stereocenters. The quantitative estimate of drug-likeness (QED) is 0.451. The van der Waals surface area contributed by atoms with Crippen LogP contribution in [0.3, 0.4) is 0 Å². The highest BCUT2D eigenvalue weighted by molar-refractivity contribution is 7.99. The van der Waals surface area contributed by atoms with E-state index in [-0.39, 0.29) is 23.1 Å². The molecule has 0 saturated carbocycles. The Kier molecular flexibility index (Phi) is 6.23. The number of hydrogen-bond acceptors (Lipinski definition) is 6. The standard InChI is InChI=1S/C12H18N4O3S/c1-3-20-5-4-8(2)15-12(17)9-6-11(13)14-7-10(9)16(18)19/h6-8H,3-5H2,1-2H3,(H2,13,14)(H,15,17). The Morgan fingerprint density at radius 3 is 2.95 bits per heavy atom. The minimum atomic E-state index is -0.640. The third-order valence-electron chi connectivity index (χ3n) is 2.62. The number of carbonyl (C=O) groups is 1. The van der Waals surface area contributed by atoms with Crippen LogP contribution >= 0.6 is 11.8 Å². The lowest BCUT2D eigenvalue weighted by atomic mass is 10.2. The average molecular weight is 298 g/mol. The molecule has 0 radical (unpaired) electrons. The molecule has 0 saturated heterocycles. The monoisotopic (exact) mass is 298 g/mol. The van der Waals surface area contributed by atoms with E-state index in [1.165, 1.54) is 6.07 Å². The number of carbonyl (C=O) groups excluding carboxylic acids is 1. The van der Waals surface area contributed by atoms with Gasteiger partial charge < -0.3 is 11.1 Å². The molecule has 0 bridgehead atoms. The van der Waals surface area contributed by atoms with Crippen molar-refractivity contribution < 1.29 is 9.72 Å². The predicted octanol–water partition coefficient (Wildman–Crippen LogP) is 1.83. The number of aromatic nitrogens is 1. The summed E-state index contributed by atoms with van der Waals surface area (Å²) in [5, 5.41) is 13.6. The van der Waals surface area contributed by atoms with E-state index in [0.29, 0.717) is 0 Å². The number of anilines is 1. The molecule has 1 rings (SSSR count). The topological polar surface area (TPSA) is 111 Å². The Hall–Kier alpha value is -1.83. The van der Waals surface area contributed by atoms with Crippen LogP contribution in [0.5, 0.6) is 0 Å². The maximum atomic E-state index is 12.1. The van der Waals surface area contributed by atoms with Crippen molar-refractivity contribution in [2.75, 3.05) is 17.2 Å². The first kappa shape index (κ1) is 16.2. The number of nitro groups is 1. The maximum Gasteiger partial charge on any atom is 0.300 e. The molecule has 1 heterocycles. The molecular weight excluding hydrogens is 280 g/mol. The first-order valence-corrected chi connectivity index (χ1v) is 7.39. The maximum absolute atomic E-state index is 12.1. The second-order valence-corrected chi connectivity index (χ2v) is 5.64. The molecule has 0 aromatic carbocycles. The second-order valence-electron chi connectivity index (χ2n) is 4.24. The summed E-state index contributed by atoms with van der Waals surface area (Å²) in [4.78, 5) is 25.9. The van der Waals surface area contributed by atoms with Gasteiger partial charge in [-0.1, -0.05) is 6.92 Å². The Balaban J connectivity index is 2.76. The van der Waals surface area contributed by atoms with Crippen LogP contribution < -0.4 is 11.1 Å². The molecule has 0 aliphatic rings. The SMILES string of the molecule is CCSCCC(C)NC(=O)c1cc(N)ncc1[N+](=O)[O-]. The third kappa shape index (κ3) is 4.69. The largest absolute Gasteiger partial charge is 0.384 e. The van der Waals surface area contributed by atoms with Crippen molar-refractivity contribution >= 4 is 29.2 Å². The van der Waals surface area contributed by atoms with Gasteiger partial charge in [0.15, 0.2) is 0 Å². The summed E-state index contributed by atoms with van der Waals surface area (Å²) < 4.78 is 0. The number of nitrogens with zero attached hydrogens (tertiary/aromatic N) is 2. The fourth-order valence-corrected chi connectivity index (χ4v) is 2.38. The summed E-state index contributed by atoms with van der Waals surface area (Å²) in [6.07, 6.45) is 1.81. The molecule has 0 fully saturated rings. The zero-order chi connectivity index (χ0) is 15.1. The fourth-order valence-electron chi connectivity index (χ4n) is 1.57. The van der Waals surface area contributed by atoms with Crippen LogP contribution in [-0.4, -0.2) is 33.4 Å². The van der Waals surface area contributed by atoms with Gasteiger partial charge in [0, 0.05) is 6.04 Å². The van der Waals surface area contributed by atoms with Crippen molar-refractivity contribution in [3.05, 3.63) is 27.9 Å². The molecule has 1 atom stereocenters. The number of nitrogen functional groups attached to an aromatic ring is 1. The molecule has 3 N–H and O–H groups in total. The molecule has 8 heteroatoms. The van der Waals surface area contributed by atoms with E-state index in [1.807, 2.05) is 6.92 Å². The Morgan fingerprint density at radius 1 is 1.65 bits per heavy atom. The summed E-state index contributed by atoms with van der Waals surface area (Å²) >= 11 is 1.78. The molecule has 1 amide bonds. The van der Waals surface area contributed by atoms with Gasteiger partial charge in [-0.15, -0.1) is 0 Å². The highest BCUT2D eigenvalue weighted by Gasteiger charge is 2.22. The van der Waals surface area contributed by atoms with Crippen molar-refractivity contribution in [1.29, 1.82) is 0 Å². The van der Waals surface area contributed by atoms with E-state index in [4.69, 9.17) is 5.73 Å². The van der Waals surface area contributed by atoms with Crippen molar-refractivity contribution in [2.24, 2.45) is 0 Å². The lowest BCUT2D eigenvalue weighted by Crippen LogP contribution is -2.33. The van der Waals surface area contributed by atoms with Gasteiger partial charge in [0.2, 0.25) is 0 Å². The van der Waals surface area contributed by atoms with Crippen LogP contribution in [-0.2, 0) is 0 Å². The van der Waals surface area contributed by atoms with E-state index in [9.17, 15) is 14.9 Å². The second kappa shape index (κ2) is 7.68. The summed E-state index contributed by atoms with van der Waals surface area (Å²) in [6.45, 7) is 3.93. The molecule has 1 aromatic heterocycles. The molecule has 0 aliphatic heterocycles. The normalized spacial score (nSPS) is 11.9. The van der Waals surface area contributed by atoms with Crippen molar-refractivity contribution in [3.8, 4) is 0 Å². The number of amides is 1. The Bertz CT molecular complexity index is 496. The number of nitrogens with two attached hydrogens (primary N) is 1. The first-order chi connectivity index (χ1) is 9.45. The van der Waals surface area contributed by atoms with Gasteiger partial charge in [-0.2, -0.15) is 11.8 Å². The van der Waals surface area contributed by atoms with E-state index >= 15 is 0 Å². The van der Waals surface area contributed by atoms with Crippen LogP contribution in [0.2, 0.25) is 0 Å². The minimum absolute atomic E-state index is 0.0579. The summed E-state index contributed by atoms with van der Waals surface area (Å²) in [5.41, 5.74) is 5.08.